The summed E-state index contributed by atoms with van der Waals surface area (Å²) in [6.07, 6.45) is 2.85. The van der Waals surface area contributed by atoms with Crippen molar-refractivity contribution in [2.24, 2.45) is 0 Å². The molecule has 11 heteroatoms. The molecule has 3 rings (SSSR count). The molecule has 0 aliphatic rings. The molecule has 8 nitrogen and oxygen atoms in total. The molecule has 0 radical (unpaired) electrons. The summed E-state index contributed by atoms with van der Waals surface area (Å²) in [5, 5.41) is 12.5. The van der Waals surface area contributed by atoms with Crippen LogP contribution in [0.1, 0.15) is 45.7 Å². The second-order valence-corrected chi connectivity index (χ2v) is 11.7. The van der Waals surface area contributed by atoms with E-state index in [9.17, 15) is 4.79 Å². The highest BCUT2D eigenvalue weighted by Gasteiger charge is 2.11. The van der Waals surface area contributed by atoms with Gasteiger partial charge in [-0.15, -0.1) is 0 Å². The molecule has 0 aliphatic carbocycles. The van der Waals surface area contributed by atoms with Gasteiger partial charge in [0.05, 0.1) is 27.2 Å². The van der Waals surface area contributed by atoms with Crippen molar-refractivity contribution < 1.29 is 24.2 Å². The summed E-state index contributed by atoms with van der Waals surface area (Å²) in [6, 6.07) is 19.1. The topological polar surface area (TPSA) is 91.3 Å². The van der Waals surface area contributed by atoms with Crippen LogP contribution in [0.3, 0.4) is 0 Å². The van der Waals surface area contributed by atoms with Gasteiger partial charge in [0.1, 0.15) is 19.0 Å². The fourth-order valence-electron chi connectivity index (χ4n) is 4.40. The molecular weight excluding hydrogens is 673 g/mol. The van der Waals surface area contributed by atoms with E-state index in [4.69, 9.17) is 54.2 Å². The van der Waals surface area contributed by atoms with Crippen LogP contribution in [-0.4, -0.2) is 79.3 Å². The van der Waals surface area contributed by atoms with Gasteiger partial charge in [-0.2, -0.15) is 0 Å². The van der Waals surface area contributed by atoms with Crippen LogP contribution in [0.25, 0.3) is 0 Å². The van der Waals surface area contributed by atoms with Crippen molar-refractivity contribution in [2.45, 2.75) is 47.5 Å². The fourth-order valence-corrected chi connectivity index (χ4v) is 5.15. The Balaban J connectivity index is 0.000000432. The van der Waals surface area contributed by atoms with Crippen molar-refractivity contribution in [1.29, 1.82) is 0 Å². The normalized spacial score (nSPS) is 10.4. The van der Waals surface area contributed by atoms with Gasteiger partial charge in [0.25, 0.3) is 5.97 Å². The highest BCUT2D eigenvalue weighted by Crippen LogP contribution is 2.33. The summed E-state index contributed by atoms with van der Waals surface area (Å²) < 4.78 is 10.6. The molecule has 3 aromatic carbocycles. The van der Waals surface area contributed by atoms with Crippen LogP contribution < -0.4 is 10.1 Å². The Morgan fingerprint density at radius 3 is 2.00 bits per heavy atom. The van der Waals surface area contributed by atoms with Gasteiger partial charge < -0.3 is 29.7 Å². The zero-order valence-corrected chi connectivity index (χ0v) is 31.0. The van der Waals surface area contributed by atoms with E-state index in [-0.39, 0.29) is 12.4 Å². The molecule has 0 heterocycles. The van der Waals surface area contributed by atoms with Crippen molar-refractivity contribution in [1.82, 2.24) is 9.80 Å². The van der Waals surface area contributed by atoms with Gasteiger partial charge in [-0.3, -0.25) is 9.59 Å². The van der Waals surface area contributed by atoms with Crippen molar-refractivity contribution in [3.05, 3.63) is 99.5 Å². The summed E-state index contributed by atoms with van der Waals surface area (Å²) >= 11 is 18.6. The molecule has 0 saturated carbocycles. The molecule has 3 aromatic rings. The third-order valence-electron chi connectivity index (χ3n) is 7.10. The lowest BCUT2D eigenvalue weighted by Crippen LogP contribution is -2.28. The molecule has 0 aliphatic heterocycles. The minimum atomic E-state index is -0.833. The van der Waals surface area contributed by atoms with Crippen LogP contribution in [0.15, 0.2) is 73.3 Å². The Labute approximate surface area is 301 Å². The predicted molar refractivity (Wildman–Crippen MR) is 201 cm³/mol. The van der Waals surface area contributed by atoms with Gasteiger partial charge in [-0.1, -0.05) is 105 Å². The maximum Gasteiger partial charge on any atom is 0.310 e. The Kier molecular flexibility index (Phi) is 22.1. The predicted octanol–water partition coefficient (Wildman–Crippen LogP) is 9.04. The van der Waals surface area contributed by atoms with E-state index in [0.29, 0.717) is 34.0 Å². The number of benzene rings is 3. The van der Waals surface area contributed by atoms with Gasteiger partial charge in [0.2, 0.25) is 0 Å². The molecular formula is C37H50Cl3N3O5. The number of ether oxygens (including phenoxy) is 2. The highest BCUT2D eigenvalue weighted by molar-refractivity contribution is 6.39. The number of aliphatic carboxylic acids is 1. The molecule has 48 heavy (non-hydrogen) atoms. The molecule has 0 bridgehead atoms. The summed E-state index contributed by atoms with van der Waals surface area (Å²) in [7, 11) is 0. The lowest BCUT2D eigenvalue weighted by Gasteiger charge is -2.19. The van der Waals surface area contributed by atoms with Crippen LogP contribution >= 0.6 is 34.8 Å². The number of likely N-dealkylation sites (N-methyl/N-ethyl adjacent to an activating group) is 2. The summed E-state index contributed by atoms with van der Waals surface area (Å²) in [5.74, 6) is -0.497. The number of para-hydroxylation sites is 2. The SMILES string of the molecule is C=CCOc1ccc(CC(=O)OCCN(CC)CC)cc1Cl.CC(=O)O.CCN(CC)CCc1ccccc1Nc1c(Cl)cccc1Cl. The van der Waals surface area contributed by atoms with Gasteiger partial charge in [0, 0.05) is 25.7 Å². The Hall–Kier alpha value is -3.27. The molecule has 0 amide bonds. The summed E-state index contributed by atoms with van der Waals surface area (Å²) in [4.78, 5) is 25.4. The first-order chi connectivity index (χ1) is 23.0. The van der Waals surface area contributed by atoms with Gasteiger partial charge >= 0.3 is 5.97 Å². The van der Waals surface area contributed by atoms with Crippen LogP contribution in [0.5, 0.6) is 5.75 Å². The van der Waals surface area contributed by atoms with Crippen molar-refractivity contribution in [2.75, 3.05) is 57.8 Å². The molecule has 264 valence electrons. The first-order valence-corrected chi connectivity index (χ1v) is 17.2. The molecule has 0 unspecified atom stereocenters. The lowest BCUT2D eigenvalue weighted by molar-refractivity contribution is -0.143. The zero-order chi connectivity index (χ0) is 35.9. The molecule has 0 fully saturated rings. The smallest absolute Gasteiger partial charge is 0.310 e. The van der Waals surface area contributed by atoms with E-state index >= 15 is 0 Å². The number of hydrogen-bond donors (Lipinski definition) is 2. The number of halogens is 3. The van der Waals surface area contributed by atoms with Crippen LogP contribution in [-0.2, 0) is 27.2 Å². The fraction of sp³-hybridized carbons (Fsp3) is 0.405. The standard InChI is InChI=1S/C18H22Cl2N2.C17H24ClNO3.C2H4O2/c1-3-22(4-2)13-12-14-8-5-6-11-17(14)21-18-15(19)9-7-10-16(18)20;1-4-10-21-16-8-7-14(12-15(16)18)13-17(20)22-11-9-19(5-2)6-3;1-2(3)4/h5-11,21H,3-4,12-13H2,1-2H3;4,7-8,12H,1,5-6,9-11,13H2,2-3H3;1H3,(H,3,4). The number of nitrogens with zero attached hydrogens (tertiary/aromatic N) is 2. The lowest BCUT2D eigenvalue weighted by atomic mass is 10.1. The third kappa shape index (κ3) is 17.2. The van der Waals surface area contributed by atoms with Crippen LogP contribution in [0.4, 0.5) is 11.4 Å². The Morgan fingerprint density at radius 2 is 1.44 bits per heavy atom. The number of hydrogen-bond acceptors (Lipinski definition) is 7. The highest BCUT2D eigenvalue weighted by atomic mass is 35.5. The quantitative estimate of drug-likeness (QED) is 0.105. The minimum Gasteiger partial charge on any atom is -0.488 e. The van der Waals surface area contributed by atoms with Crippen molar-refractivity contribution >= 4 is 58.1 Å². The Bertz CT molecular complexity index is 1370. The second kappa shape index (κ2) is 24.8. The monoisotopic (exact) mass is 721 g/mol. The maximum absolute atomic E-state index is 11.8. The third-order valence-corrected chi connectivity index (χ3v) is 8.02. The minimum absolute atomic E-state index is 0.208. The second-order valence-electron chi connectivity index (χ2n) is 10.5. The van der Waals surface area contributed by atoms with E-state index < -0.39 is 5.97 Å². The zero-order valence-electron chi connectivity index (χ0n) is 28.7. The van der Waals surface area contributed by atoms with Crippen molar-refractivity contribution in [3.8, 4) is 5.75 Å². The van der Waals surface area contributed by atoms with E-state index in [0.717, 1.165) is 69.6 Å². The van der Waals surface area contributed by atoms with Crippen LogP contribution in [0.2, 0.25) is 15.1 Å². The Morgan fingerprint density at radius 1 is 0.854 bits per heavy atom. The number of nitrogens with one attached hydrogen (secondary N) is 1. The number of esters is 1. The van der Waals surface area contributed by atoms with E-state index in [1.165, 1.54) is 5.56 Å². The summed E-state index contributed by atoms with van der Waals surface area (Å²) in [5.41, 5.74) is 3.90. The van der Waals surface area contributed by atoms with Gasteiger partial charge in [-0.05, 0) is 74.1 Å². The number of carboxylic acids is 1. The maximum atomic E-state index is 11.8. The number of anilines is 2. The average Bonchev–Trinajstić information content (AvgIpc) is 3.05. The molecule has 0 aromatic heterocycles. The van der Waals surface area contributed by atoms with E-state index in [1.54, 1.807) is 18.2 Å². The average molecular weight is 723 g/mol. The number of carboxylic acid groups (broad SMARTS) is 1. The molecule has 0 spiro atoms. The molecule has 0 atom stereocenters. The van der Waals surface area contributed by atoms with Crippen LogP contribution in [0, 0.1) is 0 Å². The van der Waals surface area contributed by atoms with Gasteiger partial charge in [0.15, 0.2) is 0 Å². The first-order valence-electron chi connectivity index (χ1n) is 16.1. The van der Waals surface area contributed by atoms with Crippen molar-refractivity contribution in [3.63, 3.8) is 0 Å². The number of carbonyl (C=O) groups excluding carboxylic acids is 1. The first kappa shape index (κ1) is 42.8. The van der Waals surface area contributed by atoms with E-state index in [2.05, 4.69) is 67.6 Å². The van der Waals surface area contributed by atoms with E-state index in [1.807, 2.05) is 30.3 Å². The largest absolute Gasteiger partial charge is 0.488 e. The summed E-state index contributed by atoms with van der Waals surface area (Å²) in [6.45, 7) is 19.9. The van der Waals surface area contributed by atoms with Gasteiger partial charge in [-0.25, -0.2) is 0 Å². The molecule has 2 N–H and O–H groups in total. The number of carbonyl (C=O) groups is 2. The number of rotatable bonds is 17. The molecule has 0 saturated heterocycles.